The van der Waals surface area contributed by atoms with E-state index in [0.717, 1.165) is 71.6 Å². The van der Waals surface area contributed by atoms with E-state index in [0.29, 0.717) is 29.4 Å². The van der Waals surface area contributed by atoms with Gasteiger partial charge in [0.1, 0.15) is 0 Å². The molecule has 0 radical (unpaired) electrons. The summed E-state index contributed by atoms with van der Waals surface area (Å²) in [5, 5.41) is 13.4. The van der Waals surface area contributed by atoms with Gasteiger partial charge < -0.3 is 8.98 Å². The van der Waals surface area contributed by atoms with Crippen LogP contribution in [0.2, 0.25) is 0 Å². The average Bonchev–Trinajstić information content (AvgIpc) is 3.97. The van der Waals surface area contributed by atoms with Crippen LogP contribution in [-0.4, -0.2) is 34.3 Å². The van der Waals surface area contributed by atoms with Gasteiger partial charge in [0.2, 0.25) is 17.7 Å². The largest absolute Gasteiger partial charge is 0.416 e. The van der Waals surface area contributed by atoms with Crippen LogP contribution < -0.4 is 0 Å². The SMILES string of the molecule is c1ccc(-c2nc(-c3ccccc3)nc(-n3c4ccccc4c4cc(-c5nnc(-c6ccc7c(c6)c6ccccc6n7-c6ccccc6)o5)ccc43)n2)cc1. The first kappa shape index (κ1) is 30.9. The third kappa shape index (κ3) is 5.11. The van der Waals surface area contributed by atoms with Gasteiger partial charge in [-0.25, -0.2) is 4.98 Å². The standard InChI is InChI=1S/C47H29N7O/c1-4-14-30(15-5-1)43-48-44(31-16-6-2-7-17-31)50-47(49-43)54-40-23-13-11-21-36(40)38-29-33(25-27-42(38)54)46-52-51-45(55-46)32-24-26-41-37(28-32)35-20-10-12-22-39(35)53(41)34-18-8-3-9-19-34/h1-29H. The maximum atomic E-state index is 6.42. The second kappa shape index (κ2) is 12.5. The molecule has 0 aliphatic rings. The van der Waals surface area contributed by atoms with Crippen molar-refractivity contribution in [3.8, 4) is 57.3 Å². The minimum Gasteiger partial charge on any atom is -0.416 e. The monoisotopic (exact) mass is 707 g/mol. The Hall–Kier alpha value is -7.71. The highest BCUT2D eigenvalue weighted by Gasteiger charge is 2.20. The summed E-state index contributed by atoms with van der Waals surface area (Å²) in [6.45, 7) is 0. The van der Waals surface area contributed by atoms with Gasteiger partial charge in [0.25, 0.3) is 0 Å². The molecule has 8 heteroatoms. The predicted molar refractivity (Wildman–Crippen MR) is 218 cm³/mol. The lowest BCUT2D eigenvalue weighted by Crippen LogP contribution is -2.06. The van der Waals surface area contributed by atoms with Crippen LogP contribution >= 0.6 is 0 Å². The van der Waals surface area contributed by atoms with Crippen LogP contribution in [0.25, 0.3) is 101 Å². The number of para-hydroxylation sites is 3. The summed E-state index contributed by atoms with van der Waals surface area (Å²) in [7, 11) is 0. The van der Waals surface area contributed by atoms with E-state index in [4.69, 9.17) is 19.4 Å². The Bertz CT molecular complexity index is 3140. The van der Waals surface area contributed by atoms with Crippen LogP contribution in [0.1, 0.15) is 0 Å². The Morgan fingerprint density at radius 3 is 1.33 bits per heavy atom. The Morgan fingerprint density at radius 2 is 0.782 bits per heavy atom. The number of benzene rings is 7. The molecular weight excluding hydrogens is 679 g/mol. The highest BCUT2D eigenvalue weighted by atomic mass is 16.4. The van der Waals surface area contributed by atoms with Crippen molar-refractivity contribution in [1.29, 1.82) is 0 Å². The van der Waals surface area contributed by atoms with Crippen molar-refractivity contribution in [2.75, 3.05) is 0 Å². The van der Waals surface area contributed by atoms with Gasteiger partial charge >= 0.3 is 0 Å². The minimum atomic E-state index is 0.443. The van der Waals surface area contributed by atoms with Gasteiger partial charge in [-0.2, -0.15) is 9.97 Å². The van der Waals surface area contributed by atoms with Crippen LogP contribution in [0.15, 0.2) is 180 Å². The van der Waals surface area contributed by atoms with Gasteiger partial charge in [-0.3, -0.25) is 4.57 Å². The van der Waals surface area contributed by atoms with Gasteiger partial charge in [0, 0.05) is 49.5 Å². The number of hydrogen-bond acceptors (Lipinski definition) is 6. The molecule has 0 saturated carbocycles. The van der Waals surface area contributed by atoms with Crippen molar-refractivity contribution in [2.24, 2.45) is 0 Å². The van der Waals surface area contributed by atoms with Crippen LogP contribution in [0.5, 0.6) is 0 Å². The van der Waals surface area contributed by atoms with Crippen molar-refractivity contribution >= 4 is 43.6 Å². The second-order valence-corrected chi connectivity index (χ2v) is 13.4. The van der Waals surface area contributed by atoms with E-state index in [9.17, 15) is 0 Å². The van der Waals surface area contributed by atoms with Gasteiger partial charge in [-0.05, 0) is 60.7 Å². The lowest BCUT2D eigenvalue weighted by molar-refractivity contribution is 0.585. The molecule has 0 bridgehead atoms. The van der Waals surface area contributed by atoms with E-state index in [2.05, 4.69) is 110 Å². The summed E-state index contributed by atoms with van der Waals surface area (Å²) in [5.74, 6) is 2.65. The Labute approximate surface area is 314 Å². The predicted octanol–water partition coefficient (Wildman–Crippen LogP) is 11.1. The van der Waals surface area contributed by atoms with Gasteiger partial charge in [-0.15, -0.1) is 10.2 Å². The molecule has 0 aliphatic carbocycles. The molecule has 4 heterocycles. The fourth-order valence-corrected chi connectivity index (χ4v) is 7.64. The molecule has 11 rings (SSSR count). The summed E-state index contributed by atoms with van der Waals surface area (Å²) >= 11 is 0. The maximum Gasteiger partial charge on any atom is 0.248 e. The normalized spacial score (nSPS) is 11.6. The molecule has 0 saturated heterocycles. The molecule has 0 unspecified atom stereocenters. The molecule has 0 spiro atoms. The van der Waals surface area contributed by atoms with Gasteiger partial charge in [0.05, 0.1) is 22.1 Å². The van der Waals surface area contributed by atoms with E-state index in [1.54, 1.807) is 0 Å². The van der Waals surface area contributed by atoms with Crippen LogP contribution in [-0.2, 0) is 0 Å². The molecule has 0 aliphatic heterocycles. The molecule has 7 aromatic carbocycles. The summed E-state index contributed by atoms with van der Waals surface area (Å²) < 4.78 is 10.8. The minimum absolute atomic E-state index is 0.443. The molecule has 0 fully saturated rings. The number of hydrogen-bond donors (Lipinski definition) is 0. The number of aromatic nitrogens is 7. The van der Waals surface area contributed by atoms with E-state index in [1.807, 2.05) is 84.9 Å². The summed E-state index contributed by atoms with van der Waals surface area (Å²) in [5.41, 5.74) is 8.82. The molecule has 8 nitrogen and oxygen atoms in total. The van der Waals surface area contributed by atoms with Crippen LogP contribution in [0, 0.1) is 0 Å². The molecule has 0 amide bonds. The first-order valence-electron chi connectivity index (χ1n) is 18.1. The third-order valence-corrected chi connectivity index (χ3v) is 10.2. The topological polar surface area (TPSA) is 87.5 Å². The quantitative estimate of drug-likeness (QED) is 0.171. The number of fused-ring (bicyclic) bond motifs is 6. The van der Waals surface area contributed by atoms with Crippen molar-refractivity contribution in [3.05, 3.63) is 176 Å². The lowest BCUT2D eigenvalue weighted by Gasteiger charge is -2.10. The van der Waals surface area contributed by atoms with E-state index in [1.165, 1.54) is 0 Å². The second-order valence-electron chi connectivity index (χ2n) is 13.4. The first-order chi connectivity index (χ1) is 27.3. The van der Waals surface area contributed by atoms with E-state index in [-0.39, 0.29) is 0 Å². The van der Waals surface area contributed by atoms with Crippen molar-refractivity contribution in [1.82, 2.24) is 34.3 Å². The summed E-state index contributed by atoms with van der Waals surface area (Å²) in [4.78, 5) is 15.0. The Balaban J connectivity index is 1.03. The highest BCUT2D eigenvalue weighted by Crippen LogP contribution is 2.37. The Morgan fingerprint density at radius 1 is 0.345 bits per heavy atom. The zero-order chi connectivity index (χ0) is 36.3. The number of nitrogens with zero attached hydrogens (tertiary/aromatic N) is 7. The lowest BCUT2D eigenvalue weighted by atomic mass is 10.1. The van der Waals surface area contributed by atoms with Gasteiger partial charge in [-0.1, -0.05) is 115 Å². The van der Waals surface area contributed by atoms with Crippen LogP contribution in [0.3, 0.4) is 0 Å². The summed E-state index contributed by atoms with van der Waals surface area (Å²) in [6.07, 6.45) is 0. The van der Waals surface area contributed by atoms with Crippen molar-refractivity contribution in [3.63, 3.8) is 0 Å². The number of rotatable bonds is 6. The smallest absolute Gasteiger partial charge is 0.248 e. The van der Waals surface area contributed by atoms with Crippen molar-refractivity contribution in [2.45, 2.75) is 0 Å². The highest BCUT2D eigenvalue weighted by molar-refractivity contribution is 6.11. The fourth-order valence-electron chi connectivity index (χ4n) is 7.64. The molecule has 11 aromatic rings. The third-order valence-electron chi connectivity index (χ3n) is 10.2. The zero-order valence-electron chi connectivity index (χ0n) is 29.3. The first-order valence-corrected chi connectivity index (χ1v) is 18.1. The average molecular weight is 708 g/mol. The zero-order valence-corrected chi connectivity index (χ0v) is 29.3. The molecular formula is C47H29N7O. The van der Waals surface area contributed by atoms with E-state index < -0.39 is 0 Å². The molecule has 0 atom stereocenters. The maximum absolute atomic E-state index is 6.42. The Kier molecular flexibility index (Phi) is 6.99. The van der Waals surface area contributed by atoms with Crippen LogP contribution in [0.4, 0.5) is 0 Å². The van der Waals surface area contributed by atoms with Crippen molar-refractivity contribution < 1.29 is 4.42 Å². The fraction of sp³-hybridized carbons (Fsp3) is 0. The molecule has 258 valence electrons. The molecule has 0 N–H and O–H groups in total. The summed E-state index contributed by atoms with van der Waals surface area (Å²) in [6, 6.07) is 59.8. The molecule has 4 aromatic heterocycles. The van der Waals surface area contributed by atoms with Gasteiger partial charge in [0.15, 0.2) is 11.6 Å². The molecule has 55 heavy (non-hydrogen) atoms. The van der Waals surface area contributed by atoms with E-state index >= 15 is 0 Å².